The summed E-state index contributed by atoms with van der Waals surface area (Å²) in [4.78, 5) is 26.9. The molecular formula is C11H15N5O2. The van der Waals surface area contributed by atoms with Crippen molar-refractivity contribution in [2.24, 2.45) is 5.84 Å². The van der Waals surface area contributed by atoms with Crippen molar-refractivity contribution < 1.29 is 9.59 Å². The minimum absolute atomic E-state index is 0.0216. The SMILES string of the molecule is NNc1ccc(C(=O)NCC(=O)NC2CC2)cn1. The first kappa shape index (κ1) is 12.3. The van der Waals surface area contributed by atoms with Gasteiger partial charge in [-0.2, -0.15) is 0 Å². The number of carbonyl (C=O) groups excluding carboxylic acids is 2. The molecule has 2 rings (SSSR count). The fourth-order valence-electron chi connectivity index (χ4n) is 1.38. The van der Waals surface area contributed by atoms with Crippen LogP contribution in [0.3, 0.4) is 0 Å². The van der Waals surface area contributed by atoms with Crippen LogP contribution in [0.15, 0.2) is 18.3 Å². The molecule has 96 valence electrons. The molecular weight excluding hydrogens is 234 g/mol. The minimum atomic E-state index is -0.336. The van der Waals surface area contributed by atoms with Crippen molar-refractivity contribution in [1.29, 1.82) is 0 Å². The monoisotopic (exact) mass is 249 g/mol. The summed E-state index contributed by atoms with van der Waals surface area (Å²) in [5.74, 6) is 5.13. The number of hydrogen-bond acceptors (Lipinski definition) is 5. The average molecular weight is 249 g/mol. The Morgan fingerprint density at radius 1 is 1.39 bits per heavy atom. The van der Waals surface area contributed by atoms with Crippen molar-refractivity contribution in [2.75, 3.05) is 12.0 Å². The third-order valence-electron chi connectivity index (χ3n) is 2.53. The molecule has 1 aromatic rings. The van der Waals surface area contributed by atoms with Crippen LogP contribution in [0.5, 0.6) is 0 Å². The molecule has 0 saturated heterocycles. The van der Waals surface area contributed by atoms with Gasteiger partial charge in [-0.05, 0) is 25.0 Å². The lowest BCUT2D eigenvalue weighted by Gasteiger charge is -2.06. The molecule has 1 aliphatic carbocycles. The first-order valence-corrected chi connectivity index (χ1v) is 5.69. The number of rotatable bonds is 5. The number of pyridine rings is 1. The maximum atomic E-state index is 11.7. The van der Waals surface area contributed by atoms with E-state index in [0.717, 1.165) is 12.8 Å². The van der Waals surface area contributed by atoms with Crippen LogP contribution < -0.4 is 21.9 Å². The Hall–Kier alpha value is -2.15. The van der Waals surface area contributed by atoms with E-state index in [4.69, 9.17) is 5.84 Å². The van der Waals surface area contributed by atoms with Crippen LogP contribution in [0.1, 0.15) is 23.2 Å². The molecule has 1 saturated carbocycles. The third-order valence-corrected chi connectivity index (χ3v) is 2.53. The van der Waals surface area contributed by atoms with Crippen molar-refractivity contribution in [2.45, 2.75) is 18.9 Å². The second-order valence-electron chi connectivity index (χ2n) is 4.10. The van der Waals surface area contributed by atoms with Gasteiger partial charge < -0.3 is 16.1 Å². The highest BCUT2D eigenvalue weighted by Gasteiger charge is 2.23. The lowest BCUT2D eigenvalue weighted by molar-refractivity contribution is -0.120. The van der Waals surface area contributed by atoms with Crippen LogP contribution in [0.2, 0.25) is 0 Å². The van der Waals surface area contributed by atoms with E-state index in [-0.39, 0.29) is 18.4 Å². The van der Waals surface area contributed by atoms with Crippen molar-refractivity contribution in [3.8, 4) is 0 Å². The largest absolute Gasteiger partial charge is 0.352 e. The molecule has 0 radical (unpaired) electrons. The summed E-state index contributed by atoms with van der Waals surface area (Å²) in [5, 5.41) is 5.31. The normalized spacial score (nSPS) is 13.8. The van der Waals surface area contributed by atoms with Crippen molar-refractivity contribution in [3.63, 3.8) is 0 Å². The molecule has 1 aromatic heterocycles. The molecule has 0 spiro atoms. The highest BCUT2D eigenvalue weighted by molar-refractivity contribution is 5.96. The fraction of sp³-hybridized carbons (Fsp3) is 0.364. The van der Waals surface area contributed by atoms with E-state index >= 15 is 0 Å². The Morgan fingerprint density at radius 3 is 2.72 bits per heavy atom. The number of nitrogens with two attached hydrogens (primary N) is 1. The second-order valence-corrected chi connectivity index (χ2v) is 4.10. The summed E-state index contributed by atoms with van der Waals surface area (Å²) in [7, 11) is 0. The van der Waals surface area contributed by atoms with Gasteiger partial charge in [0.1, 0.15) is 5.82 Å². The van der Waals surface area contributed by atoms with Gasteiger partial charge >= 0.3 is 0 Å². The molecule has 0 aromatic carbocycles. The summed E-state index contributed by atoms with van der Waals surface area (Å²) in [5.41, 5.74) is 2.75. The summed E-state index contributed by atoms with van der Waals surface area (Å²) in [6, 6.07) is 3.46. The number of carbonyl (C=O) groups is 2. The quantitative estimate of drug-likeness (QED) is 0.410. The molecule has 1 aliphatic rings. The first-order valence-electron chi connectivity index (χ1n) is 5.69. The topological polar surface area (TPSA) is 109 Å². The van der Waals surface area contributed by atoms with Crippen LogP contribution in [0.25, 0.3) is 0 Å². The third kappa shape index (κ3) is 3.42. The highest BCUT2D eigenvalue weighted by Crippen LogP contribution is 2.18. The zero-order valence-electron chi connectivity index (χ0n) is 9.77. The molecule has 0 aliphatic heterocycles. The first-order chi connectivity index (χ1) is 8.69. The number of aromatic nitrogens is 1. The van der Waals surface area contributed by atoms with Gasteiger partial charge in [0.2, 0.25) is 5.91 Å². The summed E-state index contributed by atoms with van der Waals surface area (Å²) >= 11 is 0. The number of hydrazine groups is 1. The number of hydrogen-bond donors (Lipinski definition) is 4. The maximum Gasteiger partial charge on any atom is 0.253 e. The second kappa shape index (κ2) is 5.46. The predicted octanol–water partition coefficient (Wildman–Crippen LogP) is -0.624. The molecule has 7 heteroatoms. The molecule has 0 unspecified atom stereocenters. The Labute approximate surface area is 104 Å². The Kier molecular flexibility index (Phi) is 3.73. The average Bonchev–Trinajstić information content (AvgIpc) is 3.20. The maximum absolute atomic E-state index is 11.7. The van der Waals surface area contributed by atoms with E-state index in [2.05, 4.69) is 21.0 Å². The van der Waals surface area contributed by atoms with Crippen LogP contribution in [0.4, 0.5) is 5.82 Å². The number of nitrogen functional groups attached to an aromatic ring is 1. The van der Waals surface area contributed by atoms with Crippen molar-refractivity contribution in [1.82, 2.24) is 15.6 Å². The predicted molar refractivity (Wildman–Crippen MR) is 65.5 cm³/mol. The number of anilines is 1. The minimum Gasteiger partial charge on any atom is -0.352 e. The Balaban J connectivity index is 1.80. The number of amides is 2. The van der Waals surface area contributed by atoms with Gasteiger partial charge in [0, 0.05) is 12.2 Å². The zero-order valence-corrected chi connectivity index (χ0v) is 9.77. The molecule has 0 atom stereocenters. The van der Waals surface area contributed by atoms with Crippen LogP contribution in [-0.2, 0) is 4.79 Å². The lowest BCUT2D eigenvalue weighted by Crippen LogP contribution is -2.37. The summed E-state index contributed by atoms with van der Waals surface area (Å²) in [6.45, 7) is -0.0216. The molecule has 1 fully saturated rings. The Bertz CT molecular complexity index is 441. The zero-order chi connectivity index (χ0) is 13.0. The van der Waals surface area contributed by atoms with Gasteiger partial charge in [0.25, 0.3) is 5.91 Å². The van der Waals surface area contributed by atoms with Gasteiger partial charge in [0.05, 0.1) is 12.1 Å². The molecule has 0 bridgehead atoms. The number of nitrogens with one attached hydrogen (secondary N) is 3. The van der Waals surface area contributed by atoms with Crippen LogP contribution in [0, 0.1) is 0 Å². The van der Waals surface area contributed by atoms with Gasteiger partial charge in [-0.15, -0.1) is 0 Å². The fourth-order valence-corrected chi connectivity index (χ4v) is 1.38. The van der Waals surface area contributed by atoms with E-state index < -0.39 is 0 Å². The van der Waals surface area contributed by atoms with Gasteiger partial charge in [-0.25, -0.2) is 10.8 Å². The van der Waals surface area contributed by atoms with Gasteiger partial charge in [-0.1, -0.05) is 0 Å². The highest BCUT2D eigenvalue weighted by atomic mass is 16.2. The van der Waals surface area contributed by atoms with E-state index in [0.29, 0.717) is 17.4 Å². The van der Waals surface area contributed by atoms with Gasteiger partial charge in [-0.3, -0.25) is 9.59 Å². The lowest BCUT2D eigenvalue weighted by atomic mass is 10.2. The Morgan fingerprint density at radius 2 is 2.17 bits per heavy atom. The van der Waals surface area contributed by atoms with Crippen LogP contribution in [-0.4, -0.2) is 29.4 Å². The number of nitrogens with zero attached hydrogens (tertiary/aromatic N) is 1. The molecule has 2 amide bonds. The van der Waals surface area contributed by atoms with E-state index in [1.54, 1.807) is 12.1 Å². The van der Waals surface area contributed by atoms with Crippen molar-refractivity contribution in [3.05, 3.63) is 23.9 Å². The molecule has 1 heterocycles. The molecule has 7 nitrogen and oxygen atoms in total. The van der Waals surface area contributed by atoms with E-state index in [1.165, 1.54) is 6.20 Å². The summed E-state index contributed by atoms with van der Waals surface area (Å²) < 4.78 is 0. The smallest absolute Gasteiger partial charge is 0.253 e. The van der Waals surface area contributed by atoms with E-state index in [9.17, 15) is 9.59 Å². The van der Waals surface area contributed by atoms with Crippen molar-refractivity contribution >= 4 is 17.6 Å². The molecule has 5 N–H and O–H groups in total. The van der Waals surface area contributed by atoms with Gasteiger partial charge in [0.15, 0.2) is 0 Å². The molecule has 18 heavy (non-hydrogen) atoms. The standard InChI is InChI=1S/C11H15N5O2/c12-16-9-4-1-7(5-13-9)11(18)14-6-10(17)15-8-2-3-8/h1,4-5,8H,2-3,6,12H2,(H,13,16)(H,14,18)(H,15,17). The summed E-state index contributed by atoms with van der Waals surface area (Å²) in [6.07, 6.45) is 3.44. The van der Waals surface area contributed by atoms with E-state index in [1.807, 2.05) is 0 Å². The van der Waals surface area contributed by atoms with Crippen LogP contribution >= 0.6 is 0 Å².